The van der Waals surface area contributed by atoms with Gasteiger partial charge >= 0.3 is 0 Å². The predicted octanol–water partition coefficient (Wildman–Crippen LogP) is -0.403. The summed E-state index contributed by atoms with van der Waals surface area (Å²) in [5.41, 5.74) is 5.37. The Hall–Kier alpha value is -1.63. The fraction of sp³-hybridized carbons (Fsp3) is 0.727. The van der Waals surface area contributed by atoms with Crippen molar-refractivity contribution in [3.8, 4) is 0 Å². The standard InChI is InChI=1S/C11H19N5O2/c12-11-14-9(15-16-11)4-5-13-10(18)7-2-1-3-8(17)6-7/h7-8,17H,1-6H2,(H,13,18)(H3,12,14,15,16)/t7-,8+/m1/s1. The lowest BCUT2D eigenvalue weighted by Crippen LogP contribution is -2.36. The van der Waals surface area contributed by atoms with Crippen LogP contribution in [0.1, 0.15) is 31.5 Å². The number of carbonyl (C=O) groups excluding carboxylic acids is 1. The zero-order chi connectivity index (χ0) is 13.0. The first kappa shape index (κ1) is 12.8. The van der Waals surface area contributed by atoms with Gasteiger partial charge in [0, 0.05) is 18.9 Å². The Kier molecular flexibility index (Phi) is 4.14. The van der Waals surface area contributed by atoms with Crippen molar-refractivity contribution in [2.24, 2.45) is 5.92 Å². The summed E-state index contributed by atoms with van der Waals surface area (Å²) in [6.45, 7) is 0.500. The smallest absolute Gasteiger partial charge is 0.239 e. The molecule has 5 N–H and O–H groups in total. The molecule has 1 fully saturated rings. The Bertz CT molecular complexity index is 406. The van der Waals surface area contributed by atoms with E-state index in [0.29, 0.717) is 25.2 Å². The van der Waals surface area contributed by atoms with E-state index in [0.717, 1.165) is 19.3 Å². The maximum atomic E-state index is 11.8. The van der Waals surface area contributed by atoms with E-state index in [1.165, 1.54) is 0 Å². The molecule has 1 aliphatic carbocycles. The van der Waals surface area contributed by atoms with Crippen LogP contribution < -0.4 is 11.1 Å². The zero-order valence-corrected chi connectivity index (χ0v) is 10.2. The number of H-pyrrole nitrogens is 1. The van der Waals surface area contributed by atoms with Gasteiger partial charge in [-0.05, 0) is 19.3 Å². The van der Waals surface area contributed by atoms with Crippen LogP contribution in [-0.4, -0.2) is 38.8 Å². The van der Waals surface area contributed by atoms with Gasteiger partial charge in [0.15, 0.2) is 0 Å². The minimum absolute atomic E-state index is 0.0150. The summed E-state index contributed by atoms with van der Waals surface area (Å²) in [4.78, 5) is 15.8. The average Bonchev–Trinajstić information content (AvgIpc) is 2.75. The molecule has 0 spiro atoms. The number of nitrogen functional groups attached to an aromatic ring is 1. The molecule has 0 aromatic carbocycles. The molecule has 0 bridgehead atoms. The average molecular weight is 253 g/mol. The van der Waals surface area contributed by atoms with Crippen molar-refractivity contribution >= 4 is 11.9 Å². The molecule has 1 amide bonds. The van der Waals surface area contributed by atoms with Gasteiger partial charge in [-0.2, -0.15) is 4.98 Å². The molecule has 0 saturated heterocycles. The molecule has 2 rings (SSSR count). The number of nitrogens with one attached hydrogen (secondary N) is 2. The predicted molar refractivity (Wildman–Crippen MR) is 65.5 cm³/mol. The number of aliphatic hydroxyl groups excluding tert-OH is 1. The molecule has 7 nitrogen and oxygen atoms in total. The van der Waals surface area contributed by atoms with Gasteiger partial charge in [-0.15, -0.1) is 5.10 Å². The van der Waals surface area contributed by atoms with Gasteiger partial charge in [0.05, 0.1) is 6.10 Å². The lowest BCUT2D eigenvalue weighted by Gasteiger charge is -2.24. The van der Waals surface area contributed by atoms with Crippen molar-refractivity contribution in [1.82, 2.24) is 20.5 Å². The molecular formula is C11H19N5O2. The first-order chi connectivity index (χ1) is 8.65. The molecule has 1 aliphatic rings. The van der Waals surface area contributed by atoms with Crippen LogP contribution in [0.25, 0.3) is 0 Å². The Morgan fingerprint density at radius 1 is 1.56 bits per heavy atom. The SMILES string of the molecule is Nc1n[nH]c(CCNC(=O)[C@@H]2CCC[C@H](O)C2)n1. The minimum atomic E-state index is -0.330. The molecule has 2 atom stereocenters. The number of anilines is 1. The second-order valence-electron chi connectivity index (χ2n) is 4.70. The number of nitrogens with two attached hydrogens (primary N) is 1. The van der Waals surface area contributed by atoms with Crippen LogP contribution in [0.15, 0.2) is 0 Å². The van der Waals surface area contributed by atoms with Crippen molar-refractivity contribution in [2.75, 3.05) is 12.3 Å². The highest BCUT2D eigenvalue weighted by atomic mass is 16.3. The summed E-state index contributed by atoms with van der Waals surface area (Å²) in [7, 11) is 0. The first-order valence-corrected chi connectivity index (χ1v) is 6.27. The number of nitrogens with zero attached hydrogens (tertiary/aromatic N) is 2. The number of rotatable bonds is 4. The summed E-state index contributed by atoms with van der Waals surface area (Å²) in [6.07, 6.45) is 3.40. The summed E-state index contributed by atoms with van der Waals surface area (Å²) in [5, 5.41) is 18.8. The van der Waals surface area contributed by atoms with Gasteiger partial charge in [-0.1, -0.05) is 6.42 Å². The van der Waals surface area contributed by atoms with Crippen LogP contribution in [0.4, 0.5) is 5.95 Å². The molecule has 1 aromatic rings. The fourth-order valence-electron chi connectivity index (χ4n) is 2.27. The first-order valence-electron chi connectivity index (χ1n) is 6.27. The number of aliphatic hydroxyl groups is 1. The van der Waals surface area contributed by atoms with E-state index in [1.54, 1.807) is 0 Å². The summed E-state index contributed by atoms with van der Waals surface area (Å²) in [5.74, 6) is 0.831. The minimum Gasteiger partial charge on any atom is -0.393 e. The Morgan fingerprint density at radius 3 is 3.06 bits per heavy atom. The number of aromatic nitrogens is 3. The molecule has 0 unspecified atom stereocenters. The van der Waals surface area contributed by atoms with Crippen molar-refractivity contribution in [1.29, 1.82) is 0 Å². The molecule has 100 valence electrons. The molecule has 1 heterocycles. The van der Waals surface area contributed by atoms with E-state index in [2.05, 4.69) is 20.5 Å². The van der Waals surface area contributed by atoms with Crippen LogP contribution in [0, 0.1) is 5.92 Å². The van der Waals surface area contributed by atoms with E-state index in [4.69, 9.17) is 5.73 Å². The van der Waals surface area contributed by atoms with Gasteiger partial charge < -0.3 is 16.2 Å². The molecule has 1 aromatic heterocycles. The third-order valence-electron chi connectivity index (χ3n) is 3.23. The zero-order valence-electron chi connectivity index (χ0n) is 10.2. The molecule has 1 saturated carbocycles. The second kappa shape index (κ2) is 5.81. The Labute approximate surface area is 105 Å². The largest absolute Gasteiger partial charge is 0.393 e. The van der Waals surface area contributed by atoms with Gasteiger partial charge in [-0.3, -0.25) is 9.89 Å². The van der Waals surface area contributed by atoms with Gasteiger partial charge in [-0.25, -0.2) is 0 Å². The van der Waals surface area contributed by atoms with Crippen LogP contribution in [0.2, 0.25) is 0 Å². The van der Waals surface area contributed by atoms with Crippen molar-refractivity contribution in [3.05, 3.63) is 5.82 Å². The number of aromatic amines is 1. The highest BCUT2D eigenvalue weighted by Crippen LogP contribution is 2.24. The molecule has 18 heavy (non-hydrogen) atoms. The van der Waals surface area contributed by atoms with Crippen LogP contribution in [0.3, 0.4) is 0 Å². The highest BCUT2D eigenvalue weighted by Gasteiger charge is 2.25. The topological polar surface area (TPSA) is 117 Å². The number of hydrogen-bond acceptors (Lipinski definition) is 5. The number of hydrogen-bond donors (Lipinski definition) is 4. The van der Waals surface area contributed by atoms with E-state index < -0.39 is 0 Å². The molecule has 7 heteroatoms. The quantitative estimate of drug-likeness (QED) is 0.582. The third kappa shape index (κ3) is 3.43. The molecular weight excluding hydrogens is 234 g/mol. The molecule has 0 aliphatic heterocycles. The Balaban J connectivity index is 1.71. The van der Waals surface area contributed by atoms with Crippen LogP contribution >= 0.6 is 0 Å². The van der Waals surface area contributed by atoms with E-state index >= 15 is 0 Å². The third-order valence-corrected chi connectivity index (χ3v) is 3.23. The van der Waals surface area contributed by atoms with E-state index in [-0.39, 0.29) is 23.9 Å². The van der Waals surface area contributed by atoms with Crippen molar-refractivity contribution in [2.45, 2.75) is 38.2 Å². The maximum absolute atomic E-state index is 11.8. The monoisotopic (exact) mass is 253 g/mol. The van der Waals surface area contributed by atoms with E-state index in [9.17, 15) is 9.90 Å². The fourth-order valence-corrected chi connectivity index (χ4v) is 2.27. The van der Waals surface area contributed by atoms with Crippen molar-refractivity contribution < 1.29 is 9.90 Å². The van der Waals surface area contributed by atoms with E-state index in [1.807, 2.05) is 0 Å². The van der Waals surface area contributed by atoms with Gasteiger partial charge in [0.2, 0.25) is 11.9 Å². The normalized spacial score (nSPS) is 23.8. The van der Waals surface area contributed by atoms with Crippen LogP contribution in [0.5, 0.6) is 0 Å². The second-order valence-corrected chi connectivity index (χ2v) is 4.70. The highest BCUT2D eigenvalue weighted by molar-refractivity contribution is 5.78. The van der Waals surface area contributed by atoms with Gasteiger partial charge in [0.25, 0.3) is 0 Å². The number of amides is 1. The lowest BCUT2D eigenvalue weighted by molar-refractivity contribution is -0.127. The van der Waals surface area contributed by atoms with Crippen molar-refractivity contribution in [3.63, 3.8) is 0 Å². The van der Waals surface area contributed by atoms with Gasteiger partial charge in [0.1, 0.15) is 5.82 Å². The molecule has 0 radical (unpaired) electrons. The summed E-state index contributed by atoms with van der Waals surface area (Å²) in [6, 6.07) is 0. The maximum Gasteiger partial charge on any atom is 0.239 e. The number of carbonyl (C=O) groups is 1. The lowest BCUT2D eigenvalue weighted by atomic mass is 9.87. The van der Waals surface area contributed by atoms with Crippen LogP contribution in [-0.2, 0) is 11.2 Å². The Morgan fingerprint density at radius 2 is 2.39 bits per heavy atom. The summed E-state index contributed by atoms with van der Waals surface area (Å²) < 4.78 is 0. The summed E-state index contributed by atoms with van der Waals surface area (Å²) >= 11 is 0.